The van der Waals surface area contributed by atoms with Gasteiger partial charge in [-0.25, -0.2) is 0 Å². The molecule has 2 rings (SSSR count). The second-order valence-electron chi connectivity index (χ2n) is 4.59. The zero-order valence-electron chi connectivity index (χ0n) is 11.6. The van der Waals surface area contributed by atoms with Crippen LogP contribution < -0.4 is 11.1 Å². The fourth-order valence-corrected chi connectivity index (χ4v) is 2.87. The normalized spacial score (nSPS) is 11.8. The summed E-state index contributed by atoms with van der Waals surface area (Å²) >= 11 is 1.81. The number of hydrogen-bond acceptors (Lipinski definition) is 5. The molecule has 5 nitrogen and oxygen atoms in total. The van der Waals surface area contributed by atoms with Crippen LogP contribution in [-0.2, 0) is 13.1 Å². The predicted molar refractivity (Wildman–Crippen MR) is 81.1 cm³/mol. The van der Waals surface area contributed by atoms with Gasteiger partial charge in [0.2, 0.25) is 0 Å². The van der Waals surface area contributed by atoms with Crippen LogP contribution in [0.5, 0.6) is 0 Å². The monoisotopic (exact) mass is 290 g/mol. The Labute approximate surface area is 122 Å². The van der Waals surface area contributed by atoms with Gasteiger partial charge in [-0.05, 0) is 43.2 Å². The van der Waals surface area contributed by atoms with Gasteiger partial charge in [0.25, 0.3) is 0 Å². The summed E-state index contributed by atoms with van der Waals surface area (Å²) in [5, 5.41) is 15.0. The van der Waals surface area contributed by atoms with Crippen LogP contribution >= 0.6 is 11.3 Å². The smallest absolute Gasteiger partial charge is 0.188 e. The Kier molecular flexibility index (Phi) is 4.70. The van der Waals surface area contributed by atoms with Crippen molar-refractivity contribution in [1.82, 2.24) is 10.3 Å². The first-order valence-electron chi connectivity index (χ1n) is 6.29. The molecule has 0 saturated carbocycles. The third kappa shape index (κ3) is 3.55. The van der Waals surface area contributed by atoms with E-state index in [0.29, 0.717) is 12.2 Å². The van der Waals surface area contributed by atoms with E-state index >= 15 is 0 Å². The Morgan fingerprint density at radius 1 is 1.40 bits per heavy atom. The number of oxime groups is 1. The maximum atomic E-state index is 8.64. The van der Waals surface area contributed by atoms with Crippen LogP contribution in [0.1, 0.15) is 26.6 Å². The van der Waals surface area contributed by atoms with E-state index in [0.717, 1.165) is 12.1 Å². The Morgan fingerprint density at radius 3 is 2.85 bits per heavy atom. The van der Waals surface area contributed by atoms with Crippen LogP contribution in [0.4, 0.5) is 0 Å². The fraction of sp³-hybridized carbons (Fsp3) is 0.286. The van der Waals surface area contributed by atoms with Gasteiger partial charge in [0.05, 0.1) is 0 Å². The largest absolute Gasteiger partial charge is 0.409 e. The number of nitrogens with zero attached hydrogens (tertiary/aromatic N) is 2. The topological polar surface area (TPSA) is 83.5 Å². The van der Waals surface area contributed by atoms with Crippen molar-refractivity contribution >= 4 is 17.2 Å². The van der Waals surface area contributed by atoms with E-state index in [1.807, 2.05) is 23.5 Å². The molecule has 2 aromatic rings. The third-order valence-electron chi connectivity index (χ3n) is 3.04. The first kappa shape index (κ1) is 14.5. The summed E-state index contributed by atoms with van der Waals surface area (Å²) in [7, 11) is 0. The summed E-state index contributed by atoms with van der Waals surface area (Å²) in [4.78, 5) is 6.74. The quantitative estimate of drug-likeness (QED) is 0.341. The Morgan fingerprint density at radius 2 is 2.20 bits per heavy atom. The molecule has 0 amide bonds. The van der Waals surface area contributed by atoms with E-state index in [2.05, 4.69) is 35.4 Å². The van der Waals surface area contributed by atoms with E-state index in [1.165, 1.54) is 15.3 Å². The van der Waals surface area contributed by atoms with Gasteiger partial charge in [-0.1, -0.05) is 5.16 Å². The van der Waals surface area contributed by atoms with Crippen molar-refractivity contribution in [3.63, 3.8) is 0 Å². The van der Waals surface area contributed by atoms with Gasteiger partial charge in [-0.2, -0.15) is 0 Å². The number of thiophene rings is 1. The lowest BCUT2D eigenvalue weighted by Gasteiger charge is -2.05. The van der Waals surface area contributed by atoms with E-state index in [9.17, 15) is 0 Å². The number of amidine groups is 1. The standard InChI is InChI=1S/C14H18N4OS/c1-9-5-12(20-10(9)2)8-16-7-11-3-4-17-13(6-11)14(15)18-19/h3-6,16,19H,7-8H2,1-2H3,(H2,15,18). The number of hydrogen-bond donors (Lipinski definition) is 3. The van der Waals surface area contributed by atoms with Gasteiger partial charge in [-0.3, -0.25) is 4.98 Å². The van der Waals surface area contributed by atoms with Gasteiger partial charge in [0, 0.05) is 29.0 Å². The Hall–Kier alpha value is -1.92. The van der Waals surface area contributed by atoms with Gasteiger partial charge < -0.3 is 16.3 Å². The van der Waals surface area contributed by atoms with Crippen molar-refractivity contribution in [3.8, 4) is 0 Å². The minimum atomic E-state index is 0.0244. The predicted octanol–water partition coefficient (Wildman–Crippen LogP) is 2.14. The van der Waals surface area contributed by atoms with Crippen molar-refractivity contribution in [3.05, 3.63) is 51.0 Å². The molecule has 0 aromatic carbocycles. The second kappa shape index (κ2) is 6.49. The highest BCUT2D eigenvalue weighted by molar-refractivity contribution is 7.12. The number of rotatable bonds is 5. The summed E-state index contributed by atoms with van der Waals surface area (Å²) < 4.78 is 0. The molecule has 2 aromatic heterocycles. The molecule has 0 bridgehead atoms. The first-order valence-corrected chi connectivity index (χ1v) is 7.11. The van der Waals surface area contributed by atoms with Gasteiger partial charge in [0.1, 0.15) is 5.69 Å². The lowest BCUT2D eigenvalue weighted by atomic mass is 10.2. The number of pyridine rings is 1. The van der Waals surface area contributed by atoms with Crippen LogP contribution in [0.15, 0.2) is 29.6 Å². The summed E-state index contributed by atoms with van der Waals surface area (Å²) in [5.41, 5.74) is 8.39. The van der Waals surface area contributed by atoms with Crippen molar-refractivity contribution in [2.45, 2.75) is 26.9 Å². The molecule has 0 radical (unpaired) electrons. The number of aryl methyl sites for hydroxylation is 2. The number of nitrogens with one attached hydrogen (secondary N) is 1. The lowest BCUT2D eigenvalue weighted by Crippen LogP contribution is -2.17. The van der Waals surface area contributed by atoms with E-state index in [1.54, 1.807) is 6.20 Å². The van der Waals surface area contributed by atoms with Crippen LogP contribution in [0.3, 0.4) is 0 Å². The van der Waals surface area contributed by atoms with Crippen LogP contribution in [0.2, 0.25) is 0 Å². The van der Waals surface area contributed by atoms with Gasteiger partial charge in [-0.15, -0.1) is 11.3 Å². The molecular formula is C14H18N4OS. The SMILES string of the molecule is Cc1cc(CNCc2ccnc(C(N)=NO)c2)sc1C. The first-order chi connectivity index (χ1) is 9.60. The summed E-state index contributed by atoms with van der Waals surface area (Å²) in [6.45, 7) is 5.81. The highest BCUT2D eigenvalue weighted by Gasteiger charge is 2.04. The fourth-order valence-electron chi connectivity index (χ4n) is 1.84. The van der Waals surface area contributed by atoms with Crippen molar-refractivity contribution in [1.29, 1.82) is 0 Å². The molecule has 0 aliphatic rings. The average molecular weight is 290 g/mol. The molecule has 2 heterocycles. The molecule has 106 valence electrons. The van der Waals surface area contributed by atoms with Crippen LogP contribution in [0.25, 0.3) is 0 Å². The molecule has 0 saturated heterocycles. The summed E-state index contributed by atoms with van der Waals surface area (Å²) in [6, 6.07) is 5.93. The Bertz CT molecular complexity index is 602. The van der Waals surface area contributed by atoms with Crippen LogP contribution in [-0.4, -0.2) is 16.0 Å². The highest BCUT2D eigenvalue weighted by atomic mass is 32.1. The molecule has 0 atom stereocenters. The summed E-state index contributed by atoms with van der Waals surface area (Å²) in [6.07, 6.45) is 1.66. The van der Waals surface area contributed by atoms with E-state index in [-0.39, 0.29) is 5.84 Å². The zero-order valence-corrected chi connectivity index (χ0v) is 12.4. The Balaban J connectivity index is 1.94. The van der Waals surface area contributed by atoms with Crippen molar-refractivity contribution in [2.24, 2.45) is 10.9 Å². The highest BCUT2D eigenvalue weighted by Crippen LogP contribution is 2.20. The average Bonchev–Trinajstić information content (AvgIpc) is 2.77. The number of nitrogens with two attached hydrogens (primary N) is 1. The molecule has 0 spiro atoms. The van der Waals surface area contributed by atoms with Gasteiger partial charge >= 0.3 is 0 Å². The lowest BCUT2D eigenvalue weighted by molar-refractivity contribution is 0.318. The molecule has 6 heteroatoms. The third-order valence-corrected chi connectivity index (χ3v) is 4.19. The van der Waals surface area contributed by atoms with E-state index < -0.39 is 0 Å². The number of aromatic nitrogens is 1. The van der Waals surface area contributed by atoms with E-state index in [4.69, 9.17) is 10.9 Å². The summed E-state index contributed by atoms with van der Waals surface area (Å²) in [5.74, 6) is 0.0244. The minimum absolute atomic E-state index is 0.0244. The molecule has 4 N–H and O–H groups in total. The van der Waals surface area contributed by atoms with Crippen LogP contribution in [0, 0.1) is 13.8 Å². The maximum Gasteiger partial charge on any atom is 0.188 e. The minimum Gasteiger partial charge on any atom is -0.409 e. The molecular weight excluding hydrogens is 272 g/mol. The molecule has 20 heavy (non-hydrogen) atoms. The zero-order chi connectivity index (χ0) is 14.5. The molecule has 0 aliphatic carbocycles. The molecule has 0 unspecified atom stereocenters. The molecule has 0 fully saturated rings. The van der Waals surface area contributed by atoms with Crippen molar-refractivity contribution in [2.75, 3.05) is 0 Å². The van der Waals surface area contributed by atoms with Gasteiger partial charge in [0.15, 0.2) is 5.84 Å². The molecule has 0 aliphatic heterocycles. The second-order valence-corrected chi connectivity index (χ2v) is 5.93. The maximum absolute atomic E-state index is 8.64. The van der Waals surface area contributed by atoms with Crippen molar-refractivity contribution < 1.29 is 5.21 Å².